The number of piperidine rings is 1. The van der Waals surface area contributed by atoms with Crippen LogP contribution >= 0.6 is 0 Å². The molecule has 25 heavy (non-hydrogen) atoms. The van der Waals surface area contributed by atoms with E-state index in [1.165, 1.54) is 0 Å². The third kappa shape index (κ3) is 3.16. The standard InChI is InChI=1S/C17H18N4O4/c18-7-1-2-8-19-10-3-4-11-12(9-10)17(25)21(16(11)24)13-5-6-14(22)20-15(13)23/h1-4,9,13,19H,5-8,18H2,(H,20,22,23). The zero-order valence-corrected chi connectivity index (χ0v) is 13.5. The molecule has 8 nitrogen and oxygen atoms in total. The molecule has 1 atom stereocenters. The second-order valence-electron chi connectivity index (χ2n) is 5.80. The summed E-state index contributed by atoms with van der Waals surface area (Å²) in [6.45, 7) is 0.981. The summed E-state index contributed by atoms with van der Waals surface area (Å²) in [6.07, 6.45) is 3.91. The van der Waals surface area contributed by atoms with Crippen LogP contribution in [0, 0.1) is 0 Å². The Morgan fingerprint density at radius 1 is 1.16 bits per heavy atom. The van der Waals surface area contributed by atoms with Crippen molar-refractivity contribution in [2.75, 3.05) is 18.4 Å². The first-order valence-electron chi connectivity index (χ1n) is 7.97. The number of carbonyl (C=O) groups excluding carboxylic acids is 4. The van der Waals surface area contributed by atoms with Crippen molar-refractivity contribution in [2.24, 2.45) is 5.73 Å². The van der Waals surface area contributed by atoms with E-state index in [2.05, 4.69) is 10.6 Å². The monoisotopic (exact) mass is 342 g/mol. The Balaban J connectivity index is 1.80. The van der Waals surface area contributed by atoms with Gasteiger partial charge in [-0.3, -0.25) is 29.4 Å². The van der Waals surface area contributed by atoms with E-state index in [0.29, 0.717) is 18.8 Å². The molecule has 2 aliphatic heterocycles. The Kier molecular flexibility index (Phi) is 4.62. The number of hydrogen-bond acceptors (Lipinski definition) is 6. The third-order valence-electron chi connectivity index (χ3n) is 4.17. The van der Waals surface area contributed by atoms with Crippen molar-refractivity contribution >= 4 is 29.3 Å². The van der Waals surface area contributed by atoms with Gasteiger partial charge in [-0.2, -0.15) is 0 Å². The number of carbonyl (C=O) groups is 4. The lowest BCUT2D eigenvalue weighted by molar-refractivity contribution is -0.136. The zero-order chi connectivity index (χ0) is 18.0. The van der Waals surface area contributed by atoms with Crippen LogP contribution in [0.4, 0.5) is 5.69 Å². The lowest BCUT2D eigenvalue weighted by atomic mass is 10.0. The Hall–Kier alpha value is -3.00. The molecule has 1 aromatic carbocycles. The molecular weight excluding hydrogens is 324 g/mol. The van der Waals surface area contributed by atoms with Crippen LogP contribution < -0.4 is 16.4 Å². The van der Waals surface area contributed by atoms with Crippen LogP contribution in [0.2, 0.25) is 0 Å². The van der Waals surface area contributed by atoms with Gasteiger partial charge in [0.1, 0.15) is 6.04 Å². The summed E-state index contributed by atoms with van der Waals surface area (Å²) in [6, 6.07) is 3.91. The van der Waals surface area contributed by atoms with E-state index in [-0.39, 0.29) is 24.0 Å². The van der Waals surface area contributed by atoms with Crippen molar-refractivity contribution in [3.05, 3.63) is 41.5 Å². The number of nitrogens with one attached hydrogen (secondary N) is 2. The van der Waals surface area contributed by atoms with Crippen LogP contribution in [0.5, 0.6) is 0 Å². The van der Waals surface area contributed by atoms with Gasteiger partial charge in [0.05, 0.1) is 11.1 Å². The van der Waals surface area contributed by atoms with Gasteiger partial charge >= 0.3 is 0 Å². The van der Waals surface area contributed by atoms with Crippen molar-refractivity contribution in [3.8, 4) is 0 Å². The molecule has 4 amide bonds. The molecule has 3 rings (SSSR count). The second-order valence-corrected chi connectivity index (χ2v) is 5.80. The largest absolute Gasteiger partial charge is 0.382 e. The molecule has 1 unspecified atom stereocenters. The van der Waals surface area contributed by atoms with Gasteiger partial charge in [-0.1, -0.05) is 12.2 Å². The molecule has 1 saturated heterocycles. The first-order chi connectivity index (χ1) is 12.0. The predicted molar refractivity (Wildman–Crippen MR) is 89.8 cm³/mol. The molecule has 4 N–H and O–H groups in total. The molecule has 0 radical (unpaired) electrons. The van der Waals surface area contributed by atoms with Crippen LogP contribution in [-0.2, 0) is 9.59 Å². The molecule has 1 fully saturated rings. The smallest absolute Gasteiger partial charge is 0.262 e. The van der Waals surface area contributed by atoms with Crippen molar-refractivity contribution in [1.29, 1.82) is 0 Å². The SMILES string of the molecule is NCC=CCNc1ccc2c(c1)C(=O)N(C1CCC(=O)NC1=O)C2=O. The van der Waals surface area contributed by atoms with Gasteiger partial charge in [0, 0.05) is 25.2 Å². The lowest BCUT2D eigenvalue weighted by Gasteiger charge is -2.27. The van der Waals surface area contributed by atoms with Gasteiger partial charge in [0.15, 0.2) is 0 Å². The fourth-order valence-corrected chi connectivity index (χ4v) is 2.94. The number of imide groups is 2. The second kappa shape index (κ2) is 6.86. The zero-order valence-electron chi connectivity index (χ0n) is 13.5. The van der Waals surface area contributed by atoms with Crippen molar-refractivity contribution in [2.45, 2.75) is 18.9 Å². The van der Waals surface area contributed by atoms with Gasteiger partial charge in [-0.15, -0.1) is 0 Å². The third-order valence-corrected chi connectivity index (χ3v) is 4.17. The maximum Gasteiger partial charge on any atom is 0.262 e. The highest BCUT2D eigenvalue weighted by Crippen LogP contribution is 2.29. The van der Waals surface area contributed by atoms with Crippen LogP contribution in [0.1, 0.15) is 33.6 Å². The molecule has 0 saturated carbocycles. The number of anilines is 1. The van der Waals surface area contributed by atoms with Crippen molar-refractivity contribution in [3.63, 3.8) is 0 Å². The van der Waals surface area contributed by atoms with E-state index in [0.717, 1.165) is 4.90 Å². The Morgan fingerprint density at radius 2 is 1.92 bits per heavy atom. The minimum Gasteiger partial charge on any atom is -0.382 e. The maximum absolute atomic E-state index is 12.6. The molecule has 0 bridgehead atoms. The highest BCUT2D eigenvalue weighted by atomic mass is 16.2. The number of nitrogens with two attached hydrogens (primary N) is 1. The highest BCUT2D eigenvalue weighted by molar-refractivity contribution is 6.23. The summed E-state index contributed by atoms with van der Waals surface area (Å²) in [5, 5.41) is 5.28. The molecule has 8 heteroatoms. The number of rotatable bonds is 5. The minimum absolute atomic E-state index is 0.101. The summed E-state index contributed by atoms with van der Waals surface area (Å²) in [7, 11) is 0. The fraction of sp³-hybridized carbons (Fsp3) is 0.294. The van der Waals surface area contributed by atoms with Crippen molar-refractivity contribution in [1.82, 2.24) is 10.2 Å². The van der Waals surface area contributed by atoms with Crippen LogP contribution in [0.25, 0.3) is 0 Å². The Morgan fingerprint density at radius 3 is 2.64 bits per heavy atom. The average molecular weight is 342 g/mol. The van der Waals surface area contributed by atoms with E-state index >= 15 is 0 Å². The van der Waals surface area contributed by atoms with E-state index in [1.54, 1.807) is 24.3 Å². The quantitative estimate of drug-likeness (QED) is 0.512. The van der Waals surface area contributed by atoms with Gasteiger partial charge < -0.3 is 11.1 Å². The number of amides is 4. The van der Waals surface area contributed by atoms with Crippen molar-refractivity contribution < 1.29 is 19.2 Å². The van der Waals surface area contributed by atoms with E-state index in [1.807, 2.05) is 6.08 Å². The average Bonchev–Trinajstić information content (AvgIpc) is 2.83. The molecule has 0 aromatic heterocycles. The van der Waals surface area contributed by atoms with Gasteiger partial charge in [0.2, 0.25) is 11.8 Å². The Bertz CT molecular complexity index is 787. The molecule has 1 aromatic rings. The molecule has 0 aliphatic carbocycles. The van der Waals surface area contributed by atoms with E-state index in [9.17, 15) is 19.2 Å². The normalized spacial score (nSPS) is 20.2. The van der Waals surface area contributed by atoms with E-state index < -0.39 is 29.7 Å². The summed E-state index contributed by atoms with van der Waals surface area (Å²) in [5.74, 6) is -2.04. The first kappa shape index (κ1) is 16.8. The number of benzene rings is 1. The summed E-state index contributed by atoms with van der Waals surface area (Å²) in [4.78, 5) is 49.4. The first-order valence-corrected chi connectivity index (χ1v) is 7.97. The fourth-order valence-electron chi connectivity index (χ4n) is 2.94. The molecule has 130 valence electrons. The molecule has 2 aliphatic rings. The highest BCUT2D eigenvalue weighted by Gasteiger charge is 2.44. The lowest BCUT2D eigenvalue weighted by Crippen LogP contribution is -2.54. The number of hydrogen-bond donors (Lipinski definition) is 3. The number of fused-ring (bicyclic) bond motifs is 1. The van der Waals surface area contributed by atoms with Crippen LogP contribution in [0.3, 0.4) is 0 Å². The van der Waals surface area contributed by atoms with Gasteiger partial charge in [-0.25, -0.2) is 0 Å². The maximum atomic E-state index is 12.6. The summed E-state index contributed by atoms with van der Waals surface area (Å²) in [5.41, 5.74) is 6.57. The van der Waals surface area contributed by atoms with Crippen LogP contribution in [-0.4, -0.2) is 47.7 Å². The predicted octanol–water partition coefficient (Wildman–Crippen LogP) is 0.0146. The van der Waals surface area contributed by atoms with Gasteiger partial charge in [-0.05, 0) is 24.6 Å². The Labute approximate surface area is 144 Å². The van der Waals surface area contributed by atoms with E-state index in [4.69, 9.17) is 5.73 Å². The summed E-state index contributed by atoms with van der Waals surface area (Å²) >= 11 is 0. The molecule has 0 spiro atoms. The number of nitrogens with zero attached hydrogens (tertiary/aromatic N) is 1. The van der Waals surface area contributed by atoms with Crippen LogP contribution in [0.15, 0.2) is 30.4 Å². The van der Waals surface area contributed by atoms with Gasteiger partial charge in [0.25, 0.3) is 11.8 Å². The molecular formula is C17H18N4O4. The minimum atomic E-state index is -0.950. The topological polar surface area (TPSA) is 122 Å². The summed E-state index contributed by atoms with van der Waals surface area (Å²) < 4.78 is 0. The molecule has 2 heterocycles.